The van der Waals surface area contributed by atoms with Crippen LogP contribution >= 0.6 is 0 Å². The van der Waals surface area contributed by atoms with Gasteiger partial charge in [-0.15, -0.1) is 0 Å². The van der Waals surface area contributed by atoms with Crippen LogP contribution in [0.5, 0.6) is 0 Å². The number of allylic oxidation sites excluding steroid dienone is 4. The highest BCUT2D eigenvalue weighted by atomic mass is 19.1. The number of aliphatic hydroxyl groups excluding tert-OH is 1. The number of carbonyl (C=O) groups is 3. The molecule has 0 amide bonds. The van der Waals surface area contributed by atoms with Crippen LogP contribution in [0, 0.1) is 28.1 Å². The van der Waals surface area contributed by atoms with Crippen LogP contribution in [-0.4, -0.2) is 58.5 Å². The normalized spacial score (nSPS) is 45.9. The van der Waals surface area contributed by atoms with Crippen LogP contribution in [0.2, 0.25) is 0 Å². The van der Waals surface area contributed by atoms with E-state index in [2.05, 4.69) is 0 Å². The lowest BCUT2D eigenvalue weighted by Crippen LogP contribution is -2.70. The number of carbonyl (C=O) groups excluding carboxylic acids is 3. The van der Waals surface area contributed by atoms with Crippen molar-refractivity contribution in [1.82, 2.24) is 0 Å². The predicted molar refractivity (Wildman–Crippen MR) is 132 cm³/mol. The fraction of sp³-hybridized carbons (Fsp3) is 0.759. The largest absolute Gasteiger partial charge is 0.457 e. The Hall–Kier alpha value is -1.90. The molecule has 1 N–H and O–H groups in total. The average molecular weight is 519 g/mol. The Labute approximate surface area is 217 Å². The van der Waals surface area contributed by atoms with Gasteiger partial charge in [0.2, 0.25) is 5.78 Å². The summed E-state index contributed by atoms with van der Waals surface area (Å²) in [5.74, 6) is -3.07. The molecule has 5 rings (SSSR count). The maximum absolute atomic E-state index is 17.4. The third kappa shape index (κ3) is 3.37. The highest BCUT2D eigenvalue weighted by Crippen LogP contribution is 2.72. The van der Waals surface area contributed by atoms with Crippen LogP contribution in [-0.2, 0) is 28.6 Å². The maximum Gasteiger partial charge on any atom is 0.311 e. The molecule has 0 spiro atoms. The van der Waals surface area contributed by atoms with Crippen molar-refractivity contribution in [1.29, 1.82) is 0 Å². The summed E-state index contributed by atoms with van der Waals surface area (Å²) in [6.07, 6.45) is 3.77. The molecular formula is C29H39FO7. The summed E-state index contributed by atoms with van der Waals surface area (Å²) in [6.45, 7) is 11.8. The first-order valence-electron chi connectivity index (χ1n) is 13.3. The number of ether oxygens (including phenoxy) is 3. The molecule has 4 aliphatic carbocycles. The van der Waals surface area contributed by atoms with Crippen LogP contribution in [0.4, 0.5) is 4.39 Å². The molecule has 0 aromatic rings. The molecule has 0 unspecified atom stereocenters. The second-order valence-electron chi connectivity index (χ2n) is 13.6. The summed E-state index contributed by atoms with van der Waals surface area (Å²) in [5, 5.41) is 11.6. The van der Waals surface area contributed by atoms with Gasteiger partial charge in [0.05, 0.1) is 17.6 Å². The number of hydrogen-bond donors (Lipinski definition) is 1. The quantitative estimate of drug-likeness (QED) is 0.564. The molecule has 8 atom stereocenters. The monoisotopic (exact) mass is 518 g/mol. The second-order valence-corrected chi connectivity index (χ2v) is 13.6. The fourth-order valence-electron chi connectivity index (χ4n) is 8.26. The summed E-state index contributed by atoms with van der Waals surface area (Å²) in [7, 11) is 0. The van der Waals surface area contributed by atoms with E-state index in [0.29, 0.717) is 24.8 Å². The molecule has 4 fully saturated rings. The molecule has 37 heavy (non-hydrogen) atoms. The van der Waals surface area contributed by atoms with Gasteiger partial charge in [-0.25, -0.2) is 4.39 Å². The Morgan fingerprint density at radius 1 is 1.19 bits per heavy atom. The van der Waals surface area contributed by atoms with Gasteiger partial charge in [0.1, 0.15) is 0 Å². The first kappa shape index (κ1) is 26.7. The lowest BCUT2D eigenvalue weighted by Gasteiger charge is -2.62. The zero-order valence-electron chi connectivity index (χ0n) is 22.9. The SMILES string of the molecule is CC1(C)O[C@@H]2C[C@H]3[C@@H]4CCC5=CC(=O)C=C[C@]5(C)[C@@]4(F)[C@@H](O)C[C@]3(C)[C@]2(C(=O)COC(=O)C(C)(C)C)O1. The van der Waals surface area contributed by atoms with Crippen molar-refractivity contribution in [2.75, 3.05) is 6.61 Å². The molecule has 0 aromatic heterocycles. The van der Waals surface area contributed by atoms with Gasteiger partial charge in [0.25, 0.3) is 0 Å². The Kier molecular flexibility index (Phi) is 5.65. The standard InChI is InChI=1S/C29H39FO7/c1-24(2,3)23(34)35-15-21(33)29-22(36-25(4,5)37-29)13-19-18-9-8-16-12-17(31)10-11-26(16,6)28(18,30)20(32)14-27(19,29)7/h10-12,18-20,22,32H,8-9,13-15H2,1-7H3/t18-,19-,20-,22+,26-,27-,28-,29+/m0/s1. The van der Waals surface area contributed by atoms with Gasteiger partial charge in [0, 0.05) is 16.7 Å². The number of fused-ring (bicyclic) bond motifs is 7. The molecule has 1 heterocycles. The number of halogens is 1. The summed E-state index contributed by atoms with van der Waals surface area (Å²) < 4.78 is 35.6. The van der Waals surface area contributed by atoms with E-state index in [1.807, 2.05) is 6.92 Å². The molecule has 1 saturated heterocycles. The first-order valence-corrected chi connectivity index (χ1v) is 13.3. The van der Waals surface area contributed by atoms with Gasteiger partial charge in [0.15, 0.2) is 29.4 Å². The van der Waals surface area contributed by atoms with Crippen LogP contribution in [0.25, 0.3) is 0 Å². The lowest BCUT2D eigenvalue weighted by molar-refractivity contribution is -0.246. The molecule has 8 heteroatoms. The number of Topliss-reactive ketones (excluding diaryl/α,β-unsaturated/α-hetero) is 1. The molecule has 0 aromatic carbocycles. The number of ketones is 2. The van der Waals surface area contributed by atoms with Gasteiger partial charge < -0.3 is 19.3 Å². The number of esters is 1. The fourth-order valence-corrected chi connectivity index (χ4v) is 8.26. The van der Waals surface area contributed by atoms with E-state index < -0.39 is 69.8 Å². The van der Waals surface area contributed by atoms with E-state index in [4.69, 9.17) is 14.2 Å². The smallest absolute Gasteiger partial charge is 0.311 e. The second kappa shape index (κ2) is 7.82. The highest BCUT2D eigenvalue weighted by molar-refractivity contribution is 6.01. The Morgan fingerprint density at radius 2 is 1.86 bits per heavy atom. The summed E-state index contributed by atoms with van der Waals surface area (Å²) in [5.41, 5.74) is -5.66. The highest BCUT2D eigenvalue weighted by Gasteiger charge is 2.80. The van der Waals surface area contributed by atoms with Gasteiger partial charge in [-0.1, -0.05) is 18.6 Å². The molecule has 3 saturated carbocycles. The molecule has 0 bridgehead atoms. The number of hydrogen-bond acceptors (Lipinski definition) is 7. The van der Waals surface area contributed by atoms with E-state index in [0.717, 1.165) is 0 Å². The zero-order chi connectivity index (χ0) is 27.4. The topological polar surface area (TPSA) is 99.1 Å². The minimum absolute atomic E-state index is 0.0236. The predicted octanol–water partition coefficient (Wildman–Crippen LogP) is 4.02. The van der Waals surface area contributed by atoms with Gasteiger partial charge in [-0.3, -0.25) is 14.4 Å². The summed E-state index contributed by atoms with van der Waals surface area (Å²) >= 11 is 0. The zero-order valence-corrected chi connectivity index (χ0v) is 22.9. The molecule has 7 nitrogen and oxygen atoms in total. The summed E-state index contributed by atoms with van der Waals surface area (Å²) in [4.78, 5) is 38.5. The van der Waals surface area contributed by atoms with Crippen LogP contribution in [0.15, 0.2) is 23.8 Å². The van der Waals surface area contributed by atoms with Crippen molar-refractivity contribution < 1.29 is 38.1 Å². The third-order valence-corrected chi connectivity index (χ3v) is 9.99. The van der Waals surface area contributed by atoms with Gasteiger partial charge in [-0.2, -0.15) is 0 Å². The summed E-state index contributed by atoms with van der Waals surface area (Å²) in [6, 6.07) is 0. The molecular weight excluding hydrogens is 479 g/mol. The average Bonchev–Trinajstić information content (AvgIpc) is 3.19. The molecule has 1 aliphatic heterocycles. The Morgan fingerprint density at radius 3 is 2.51 bits per heavy atom. The number of aliphatic hydroxyl groups is 1. The van der Waals surface area contributed by atoms with Crippen molar-refractivity contribution in [3.63, 3.8) is 0 Å². The van der Waals surface area contributed by atoms with Crippen LogP contribution in [0.3, 0.4) is 0 Å². The first-order chi connectivity index (χ1) is 16.9. The molecule has 204 valence electrons. The van der Waals surface area contributed by atoms with Crippen molar-refractivity contribution in [3.05, 3.63) is 23.8 Å². The molecule has 0 radical (unpaired) electrons. The minimum atomic E-state index is -2.02. The number of alkyl halides is 1. The maximum atomic E-state index is 17.4. The number of rotatable bonds is 3. The third-order valence-electron chi connectivity index (χ3n) is 9.99. The van der Waals surface area contributed by atoms with Crippen LogP contribution in [0.1, 0.15) is 74.1 Å². The Bertz CT molecular complexity index is 1120. The Balaban J connectivity index is 1.55. The van der Waals surface area contributed by atoms with Crippen molar-refractivity contribution >= 4 is 17.5 Å². The van der Waals surface area contributed by atoms with Crippen molar-refractivity contribution in [2.45, 2.75) is 103 Å². The van der Waals surface area contributed by atoms with Gasteiger partial charge in [-0.05, 0) is 85.3 Å². The molecule has 5 aliphatic rings. The van der Waals surface area contributed by atoms with E-state index in [1.165, 1.54) is 12.2 Å². The minimum Gasteiger partial charge on any atom is -0.457 e. The van der Waals surface area contributed by atoms with Crippen LogP contribution < -0.4 is 0 Å². The van der Waals surface area contributed by atoms with E-state index in [-0.39, 0.29) is 18.1 Å². The van der Waals surface area contributed by atoms with E-state index in [1.54, 1.807) is 47.6 Å². The van der Waals surface area contributed by atoms with Crippen molar-refractivity contribution in [3.8, 4) is 0 Å². The van der Waals surface area contributed by atoms with E-state index in [9.17, 15) is 19.5 Å². The van der Waals surface area contributed by atoms with Crippen molar-refractivity contribution in [2.24, 2.45) is 28.1 Å². The lowest BCUT2D eigenvalue weighted by atomic mass is 9.44. The van der Waals surface area contributed by atoms with E-state index >= 15 is 4.39 Å². The van der Waals surface area contributed by atoms with Gasteiger partial charge >= 0.3 is 5.97 Å².